The third-order valence-corrected chi connectivity index (χ3v) is 3.71. The summed E-state index contributed by atoms with van der Waals surface area (Å²) in [5, 5.41) is 8.98. The highest BCUT2D eigenvalue weighted by molar-refractivity contribution is 9.10. The van der Waals surface area contributed by atoms with Crippen LogP contribution in [0.5, 0.6) is 0 Å². The van der Waals surface area contributed by atoms with E-state index in [1.807, 2.05) is 24.3 Å². The lowest BCUT2D eigenvalue weighted by molar-refractivity contribution is 0.685. The van der Waals surface area contributed by atoms with Crippen LogP contribution in [0, 0.1) is 17.2 Å². The number of hydrogen-bond acceptors (Lipinski definition) is 2. The van der Waals surface area contributed by atoms with E-state index in [0.29, 0.717) is 5.92 Å². The monoisotopic (exact) mass is 269 g/mol. The summed E-state index contributed by atoms with van der Waals surface area (Å²) in [6.07, 6.45) is 0. The molecule has 1 nitrogen and oxygen atoms in total. The van der Waals surface area contributed by atoms with Crippen molar-refractivity contribution in [1.29, 1.82) is 5.26 Å². The van der Waals surface area contributed by atoms with Crippen LogP contribution >= 0.6 is 27.7 Å². The van der Waals surface area contributed by atoms with Crippen molar-refractivity contribution >= 4 is 27.7 Å². The van der Waals surface area contributed by atoms with Crippen molar-refractivity contribution in [1.82, 2.24) is 0 Å². The van der Waals surface area contributed by atoms with E-state index in [9.17, 15) is 0 Å². The van der Waals surface area contributed by atoms with Gasteiger partial charge in [0.1, 0.15) is 0 Å². The van der Waals surface area contributed by atoms with Crippen LogP contribution in [0.25, 0.3) is 0 Å². The molecule has 0 bridgehead atoms. The Balaban J connectivity index is 2.73. The molecule has 0 heterocycles. The van der Waals surface area contributed by atoms with E-state index in [-0.39, 0.29) is 5.25 Å². The van der Waals surface area contributed by atoms with E-state index in [0.717, 1.165) is 9.37 Å². The molecule has 0 fully saturated rings. The Hall–Kier alpha value is -0.460. The standard InChI is InChI=1S/C11H12BrNS/c1-8(2)11(7-13)14-10-5-3-4-9(12)6-10/h3-6,8,11H,1-2H3. The van der Waals surface area contributed by atoms with Crippen LogP contribution in [0.4, 0.5) is 0 Å². The predicted molar refractivity (Wildman–Crippen MR) is 64.2 cm³/mol. The SMILES string of the molecule is CC(C)C(C#N)Sc1cccc(Br)c1. The summed E-state index contributed by atoms with van der Waals surface area (Å²) in [7, 11) is 0. The van der Waals surface area contributed by atoms with Gasteiger partial charge in [0.2, 0.25) is 0 Å². The molecule has 14 heavy (non-hydrogen) atoms. The van der Waals surface area contributed by atoms with Gasteiger partial charge in [0.05, 0.1) is 11.3 Å². The van der Waals surface area contributed by atoms with Crippen molar-refractivity contribution < 1.29 is 0 Å². The molecule has 0 radical (unpaired) electrons. The number of nitriles is 1. The average Bonchev–Trinajstić information content (AvgIpc) is 2.14. The van der Waals surface area contributed by atoms with Crippen LogP contribution < -0.4 is 0 Å². The largest absolute Gasteiger partial charge is 0.197 e. The molecule has 1 rings (SSSR count). The fourth-order valence-corrected chi connectivity index (χ4v) is 2.52. The molecule has 0 spiro atoms. The molecule has 0 aromatic heterocycles. The van der Waals surface area contributed by atoms with E-state index < -0.39 is 0 Å². The maximum Gasteiger partial charge on any atom is 0.0986 e. The summed E-state index contributed by atoms with van der Waals surface area (Å²) < 4.78 is 1.06. The first-order valence-corrected chi connectivity index (χ1v) is 6.12. The zero-order chi connectivity index (χ0) is 10.6. The number of halogens is 1. The minimum absolute atomic E-state index is 0.0318. The Labute approximate surface area is 97.6 Å². The molecular formula is C11H12BrNS. The Morgan fingerprint density at radius 2 is 2.14 bits per heavy atom. The second-order valence-electron chi connectivity index (χ2n) is 3.37. The first-order valence-electron chi connectivity index (χ1n) is 4.45. The highest BCUT2D eigenvalue weighted by atomic mass is 79.9. The Kier molecular flexibility index (Phi) is 4.50. The van der Waals surface area contributed by atoms with Crippen LogP contribution in [0.1, 0.15) is 13.8 Å². The molecule has 0 aliphatic carbocycles. The predicted octanol–water partition coefficient (Wildman–Crippen LogP) is 4.09. The third kappa shape index (κ3) is 3.36. The van der Waals surface area contributed by atoms with Crippen molar-refractivity contribution in [2.24, 2.45) is 5.92 Å². The number of benzene rings is 1. The molecule has 0 aliphatic heterocycles. The smallest absolute Gasteiger partial charge is 0.0986 e. The molecule has 0 saturated heterocycles. The van der Waals surface area contributed by atoms with Gasteiger partial charge in [0, 0.05) is 9.37 Å². The summed E-state index contributed by atoms with van der Waals surface area (Å²) in [6, 6.07) is 10.4. The van der Waals surface area contributed by atoms with Crippen molar-refractivity contribution in [2.45, 2.75) is 24.0 Å². The minimum atomic E-state index is 0.0318. The topological polar surface area (TPSA) is 23.8 Å². The number of hydrogen-bond donors (Lipinski definition) is 0. The van der Waals surface area contributed by atoms with Crippen molar-refractivity contribution in [3.05, 3.63) is 28.7 Å². The molecule has 74 valence electrons. The van der Waals surface area contributed by atoms with Crippen molar-refractivity contribution in [2.75, 3.05) is 0 Å². The Morgan fingerprint density at radius 1 is 1.43 bits per heavy atom. The van der Waals surface area contributed by atoms with Crippen LogP contribution in [0.2, 0.25) is 0 Å². The fourth-order valence-electron chi connectivity index (χ4n) is 0.998. The summed E-state index contributed by atoms with van der Waals surface area (Å²) in [5.41, 5.74) is 0. The second kappa shape index (κ2) is 5.43. The lowest BCUT2D eigenvalue weighted by Gasteiger charge is -2.12. The van der Waals surface area contributed by atoms with Gasteiger partial charge in [-0.15, -0.1) is 11.8 Å². The van der Waals surface area contributed by atoms with Crippen LogP contribution in [0.15, 0.2) is 33.6 Å². The molecular weight excluding hydrogens is 258 g/mol. The normalized spacial score (nSPS) is 12.5. The lowest BCUT2D eigenvalue weighted by Crippen LogP contribution is -2.07. The molecule has 1 unspecified atom stereocenters. The quantitative estimate of drug-likeness (QED) is 0.772. The molecule has 1 aromatic rings. The van der Waals surface area contributed by atoms with E-state index in [2.05, 4.69) is 35.8 Å². The molecule has 1 atom stereocenters. The second-order valence-corrected chi connectivity index (χ2v) is 5.50. The maximum absolute atomic E-state index is 8.94. The van der Waals surface area contributed by atoms with Crippen LogP contribution in [-0.2, 0) is 0 Å². The van der Waals surface area contributed by atoms with Gasteiger partial charge in [-0.3, -0.25) is 0 Å². The van der Waals surface area contributed by atoms with Gasteiger partial charge in [0.25, 0.3) is 0 Å². The summed E-state index contributed by atoms with van der Waals surface area (Å²) in [5.74, 6) is 0.379. The van der Waals surface area contributed by atoms with Gasteiger partial charge < -0.3 is 0 Å². The van der Waals surface area contributed by atoms with Gasteiger partial charge in [-0.2, -0.15) is 5.26 Å². The maximum atomic E-state index is 8.94. The Bertz CT molecular complexity index is 343. The molecule has 1 aromatic carbocycles. The van der Waals surface area contributed by atoms with Gasteiger partial charge in [-0.25, -0.2) is 0 Å². The molecule has 3 heteroatoms. The zero-order valence-electron chi connectivity index (χ0n) is 8.20. The average molecular weight is 270 g/mol. The highest BCUT2D eigenvalue weighted by Crippen LogP contribution is 2.29. The first-order chi connectivity index (χ1) is 6.63. The molecule has 0 N–H and O–H groups in total. The van der Waals surface area contributed by atoms with E-state index in [4.69, 9.17) is 5.26 Å². The van der Waals surface area contributed by atoms with Gasteiger partial charge in [0.15, 0.2) is 0 Å². The van der Waals surface area contributed by atoms with Crippen molar-refractivity contribution in [3.8, 4) is 6.07 Å². The number of rotatable bonds is 3. The number of nitrogens with zero attached hydrogens (tertiary/aromatic N) is 1. The van der Waals surface area contributed by atoms with Crippen LogP contribution in [0.3, 0.4) is 0 Å². The zero-order valence-corrected chi connectivity index (χ0v) is 10.6. The fraction of sp³-hybridized carbons (Fsp3) is 0.364. The highest BCUT2D eigenvalue weighted by Gasteiger charge is 2.13. The Morgan fingerprint density at radius 3 is 2.64 bits per heavy atom. The lowest BCUT2D eigenvalue weighted by atomic mass is 10.1. The molecule has 0 aliphatic rings. The van der Waals surface area contributed by atoms with Gasteiger partial charge >= 0.3 is 0 Å². The molecule has 0 saturated carbocycles. The third-order valence-electron chi connectivity index (χ3n) is 1.79. The molecule has 0 amide bonds. The minimum Gasteiger partial charge on any atom is -0.197 e. The van der Waals surface area contributed by atoms with Gasteiger partial charge in [-0.05, 0) is 24.1 Å². The number of thioether (sulfide) groups is 1. The van der Waals surface area contributed by atoms with Crippen molar-refractivity contribution in [3.63, 3.8) is 0 Å². The first kappa shape index (κ1) is 11.6. The van der Waals surface area contributed by atoms with Gasteiger partial charge in [-0.1, -0.05) is 35.8 Å². The summed E-state index contributed by atoms with van der Waals surface area (Å²) >= 11 is 5.03. The van der Waals surface area contributed by atoms with Crippen LogP contribution in [-0.4, -0.2) is 5.25 Å². The van der Waals surface area contributed by atoms with E-state index in [1.165, 1.54) is 0 Å². The van der Waals surface area contributed by atoms with E-state index in [1.54, 1.807) is 11.8 Å². The summed E-state index contributed by atoms with van der Waals surface area (Å²) in [4.78, 5) is 1.14. The summed E-state index contributed by atoms with van der Waals surface area (Å²) in [6.45, 7) is 4.14. The van der Waals surface area contributed by atoms with E-state index >= 15 is 0 Å².